The molecule has 618 valence electrons. The van der Waals surface area contributed by atoms with Crippen molar-refractivity contribution in [2.75, 3.05) is 39.6 Å². The molecule has 0 aliphatic carbocycles. The van der Waals surface area contributed by atoms with Crippen LogP contribution in [0.25, 0.3) is 0 Å². The molecule has 0 bridgehead atoms. The number of phosphoric ester groups is 2. The molecule has 0 rings (SSSR count). The van der Waals surface area contributed by atoms with Gasteiger partial charge >= 0.3 is 39.5 Å². The molecule has 0 saturated carbocycles. The van der Waals surface area contributed by atoms with Crippen LogP contribution in [-0.2, 0) is 65.4 Å². The number of aliphatic hydroxyl groups excluding tert-OH is 1. The first kappa shape index (κ1) is 102. The van der Waals surface area contributed by atoms with Crippen LogP contribution in [0.3, 0.4) is 0 Å². The van der Waals surface area contributed by atoms with Gasteiger partial charge in [-0.05, 0) is 37.5 Å². The molecule has 0 aliphatic rings. The van der Waals surface area contributed by atoms with E-state index >= 15 is 0 Å². The lowest BCUT2D eigenvalue weighted by Crippen LogP contribution is -2.30. The van der Waals surface area contributed by atoms with Crippen molar-refractivity contribution in [3.05, 3.63) is 0 Å². The van der Waals surface area contributed by atoms with E-state index in [4.69, 9.17) is 37.0 Å². The first-order chi connectivity index (χ1) is 50.4. The molecule has 0 aromatic carbocycles. The third kappa shape index (κ3) is 76.8. The molecule has 0 spiro atoms. The van der Waals surface area contributed by atoms with Gasteiger partial charge in [0, 0.05) is 25.7 Å². The number of esters is 4. The molecule has 3 N–H and O–H groups in total. The first-order valence-electron chi connectivity index (χ1n) is 44.0. The Morgan fingerprint density at radius 3 is 0.731 bits per heavy atom. The highest BCUT2D eigenvalue weighted by Gasteiger charge is 2.30. The molecule has 17 nitrogen and oxygen atoms in total. The van der Waals surface area contributed by atoms with Crippen molar-refractivity contribution >= 4 is 39.5 Å². The van der Waals surface area contributed by atoms with Crippen molar-refractivity contribution in [2.24, 2.45) is 11.8 Å². The minimum Gasteiger partial charge on any atom is -0.462 e. The van der Waals surface area contributed by atoms with Crippen molar-refractivity contribution in [1.82, 2.24) is 0 Å². The van der Waals surface area contributed by atoms with Crippen LogP contribution in [0.1, 0.15) is 452 Å². The van der Waals surface area contributed by atoms with E-state index in [0.717, 1.165) is 102 Å². The van der Waals surface area contributed by atoms with Crippen LogP contribution in [0.15, 0.2) is 0 Å². The monoisotopic (exact) mass is 1520 g/mol. The van der Waals surface area contributed by atoms with E-state index in [2.05, 4.69) is 41.5 Å². The van der Waals surface area contributed by atoms with Crippen LogP contribution in [-0.4, -0.2) is 96.7 Å². The van der Waals surface area contributed by atoms with Gasteiger partial charge in [0.2, 0.25) is 0 Å². The van der Waals surface area contributed by atoms with Crippen molar-refractivity contribution in [3.63, 3.8) is 0 Å². The van der Waals surface area contributed by atoms with Gasteiger partial charge in [0.15, 0.2) is 12.2 Å². The minimum atomic E-state index is -4.96. The van der Waals surface area contributed by atoms with Gasteiger partial charge in [0.1, 0.15) is 19.3 Å². The molecule has 6 atom stereocenters. The van der Waals surface area contributed by atoms with E-state index in [1.54, 1.807) is 0 Å². The molecular weight excluding hydrogens is 1350 g/mol. The number of aliphatic hydroxyl groups is 1. The molecule has 0 amide bonds. The second-order valence-electron chi connectivity index (χ2n) is 31.3. The lowest BCUT2D eigenvalue weighted by Gasteiger charge is -2.21. The summed E-state index contributed by atoms with van der Waals surface area (Å²) in [5.74, 6) is -0.459. The second kappa shape index (κ2) is 76.4. The Kier molecular flexibility index (Phi) is 75.0. The predicted octanol–water partition coefficient (Wildman–Crippen LogP) is 25.8. The Bertz CT molecular complexity index is 2000. The lowest BCUT2D eigenvalue weighted by atomic mass is 9.99. The average molecular weight is 1520 g/mol. The number of unbranched alkanes of at least 4 members (excludes halogenated alkanes) is 53. The van der Waals surface area contributed by atoms with Crippen LogP contribution >= 0.6 is 15.6 Å². The van der Waals surface area contributed by atoms with Crippen LogP contribution < -0.4 is 0 Å². The van der Waals surface area contributed by atoms with E-state index in [1.165, 1.54) is 270 Å². The summed E-state index contributed by atoms with van der Waals surface area (Å²) < 4.78 is 68.8. The summed E-state index contributed by atoms with van der Waals surface area (Å²) in [6.07, 6.45) is 68.0. The van der Waals surface area contributed by atoms with Gasteiger partial charge in [0.25, 0.3) is 0 Å². The third-order valence-corrected chi connectivity index (χ3v) is 22.2. The number of hydrogen-bond donors (Lipinski definition) is 3. The highest BCUT2D eigenvalue weighted by Crippen LogP contribution is 2.45. The largest absolute Gasteiger partial charge is 0.472 e. The van der Waals surface area contributed by atoms with Crippen LogP contribution in [0, 0.1) is 11.8 Å². The number of phosphoric acid groups is 2. The standard InChI is InChI=1S/C85H166O17P2/c1-7-10-12-14-16-18-19-20-21-22-23-24-25-26-34-39-45-51-57-63-69-85(90)102-81(74-96-83(88)68-62-56-50-44-38-33-30-28-32-37-43-48-54-60-66-78(6)9-3)76-100-104(93,94)98-72-79(86)71-97-103(91,92)99-75-80(73-95-82(87)67-61-55-49-41-17-15-13-11-8-2)101-84(89)70-64-58-52-46-40-35-29-27-31-36-42-47-53-59-65-77(4)5/h77-81,86H,7-76H2,1-6H3,(H,91,92)(H,93,94)/t78?,79-,80+,81+/m0/s1. The van der Waals surface area contributed by atoms with Crippen molar-refractivity contribution in [2.45, 2.75) is 471 Å². The predicted molar refractivity (Wildman–Crippen MR) is 428 cm³/mol. The summed E-state index contributed by atoms with van der Waals surface area (Å²) >= 11 is 0. The van der Waals surface area contributed by atoms with Gasteiger partial charge in [0.05, 0.1) is 26.4 Å². The van der Waals surface area contributed by atoms with Crippen molar-refractivity contribution in [3.8, 4) is 0 Å². The Hall–Kier alpha value is -1.94. The molecule has 0 fully saturated rings. The number of ether oxygens (including phenoxy) is 4. The van der Waals surface area contributed by atoms with Gasteiger partial charge in [-0.15, -0.1) is 0 Å². The zero-order valence-corrected chi connectivity index (χ0v) is 70.1. The fraction of sp³-hybridized carbons (Fsp3) is 0.953. The summed E-state index contributed by atoms with van der Waals surface area (Å²) in [5, 5.41) is 10.7. The average Bonchev–Trinajstić information content (AvgIpc) is 0.903. The van der Waals surface area contributed by atoms with Gasteiger partial charge in [-0.25, -0.2) is 9.13 Å². The Morgan fingerprint density at radius 2 is 0.490 bits per heavy atom. The molecular formula is C85H166O17P2. The van der Waals surface area contributed by atoms with Crippen LogP contribution in [0.2, 0.25) is 0 Å². The quantitative estimate of drug-likeness (QED) is 0.0222. The number of carbonyl (C=O) groups is 4. The summed E-state index contributed by atoms with van der Waals surface area (Å²) in [7, 11) is -9.92. The highest BCUT2D eigenvalue weighted by molar-refractivity contribution is 7.47. The van der Waals surface area contributed by atoms with E-state index in [1.807, 2.05) is 0 Å². The normalized spacial score (nSPS) is 14.1. The Balaban J connectivity index is 5.22. The van der Waals surface area contributed by atoms with Gasteiger partial charge < -0.3 is 33.8 Å². The highest BCUT2D eigenvalue weighted by atomic mass is 31.2. The Labute approximate surface area is 638 Å². The molecule has 0 aromatic heterocycles. The lowest BCUT2D eigenvalue weighted by molar-refractivity contribution is -0.161. The van der Waals surface area contributed by atoms with Crippen LogP contribution in [0.4, 0.5) is 0 Å². The van der Waals surface area contributed by atoms with E-state index in [0.29, 0.717) is 25.7 Å². The fourth-order valence-corrected chi connectivity index (χ4v) is 14.8. The molecule has 0 heterocycles. The summed E-state index contributed by atoms with van der Waals surface area (Å²) in [6, 6.07) is 0. The van der Waals surface area contributed by atoms with Crippen molar-refractivity contribution < 1.29 is 80.2 Å². The third-order valence-electron chi connectivity index (χ3n) is 20.3. The number of rotatable bonds is 84. The molecule has 19 heteroatoms. The summed E-state index contributed by atoms with van der Waals surface area (Å²) in [5.41, 5.74) is 0. The maximum absolute atomic E-state index is 13.1. The number of hydrogen-bond acceptors (Lipinski definition) is 15. The fourth-order valence-electron chi connectivity index (χ4n) is 13.2. The van der Waals surface area contributed by atoms with E-state index < -0.39 is 97.5 Å². The number of carbonyl (C=O) groups excluding carboxylic acids is 4. The molecule has 0 saturated heterocycles. The van der Waals surface area contributed by atoms with Gasteiger partial charge in [-0.1, -0.05) is 401 Å². The molecule has 0 aromatic rings. The molecule has 3 unspecified atom stereocenters. The molecule has 0 radical (unpaired) electrons. The minimum absolute atomic E-state index is 0.108. The van der Waals surface area contributed by atoms with Crippen LogP contribution in [0.5, 0.6) is 0 Å². The molecule has 104 heavy (non-hydrogen) atoms. The Morgan fingerprint density at radius 1 is 0.279 bits per heavy atom. The van der Waals surface area contributed by atoms with Crippen molar-refractivity contribution in [1.29, 1.82) is 0 Å². The summed E-state index contributed by atoms with van der Waals surface area (Å²) in [4.78, 5) is 73.1. The molecule has 0 aliphatic heterocycles. The summed E-state index contributed by atoms with van der Waals surface area (Å²) in [6.45, 7) is 9.73. The second-order valence-corrected chi connectivity index (χ2v) is 34.2. The SMILES string of the molecule is CCCCCCCCCCCCCCCCCCCCCCC(=O)O[C@H](COC(=O)CCCCCCCCCCCCCCCCC(C)CC)COP(=O)(O)OC[C@@H](O)COP(=O)(O)OC[C@@H](COC(=O)CCCCCCCCCCC)OC(=O)CCCCCCCCCCCCCCCCC(C)C. The first-order valence-corrected chi connectivity index (χ1v) is 47.0. The smallest absolute Gasteiger partial charge is 0.462 e. The topological polar surface area (TPSA) is 237 Å². The maximum atomic E-state index is 13.1. The zero-order chi connectivity index (χ0) is 76.4. The van der Waals surface area contributed by atoms with E-state index in [-0.39, 0.29) is 25.7 Å². The van der Waals surface area contributed by atoms with E-state index in [9.17, 15) is 43.2 Å². The zero-order valence-electron chi connectivity index (χ0n) is 68.3. The maximum Gasteiger partial charge on any atom is 0.472 e. The van der Waals surface area contributed by atoms with Gasteiger partial charge in [-0.2, -0.15) is 0 Å². The van der Waals surface area contributed by atoms with Gasteiger partial charge in [-0.3, -0.25) is 37.3 Å².